The molecular weight excluding hydrogens is 382 g/mol. The average molecular weight is 418 g/mol. The third-order valence-corrected chi connectivity index (χ3v) is 5.89. The number of ketones is 1. The van der Waals surface area contributed by atoms with Crippen LogP contribution < -0.4 is 4.74 Å². The van der Waals surface area contributed by atoms with E-state index in [1.54, 1.807) is 14.0 Å². The van der Waals surface area contributed by atoms with Gasteiger partial charge in [-0.2, -0.15) is 0 Å². The summed E-state index contributed by atoms with van der Waals surface area (Å²) in [6.45, 7) is 6.50. The van der Waals surface area contributed by atoms with Crippen molar-refractivity contribution in [2.75, 3.05) is 20.3 Å². The molecule has 1 aromatic carbocycles. The van der Waals surface area contributed by atoms with Gasteiger partial charge in [0.05, 0.1) is 20.1 Å². The molecule has 0 radical (unpaired) electrons. The quantitative estimate of drug-likeness (QED) is 0.478. The number of carbonyl (C=O) groups is 3. The van der Waals surface area contributed by atoms with Gasteiger partial charge in [0.25, 0.3) is 0 Å². The molecule has 1 amide bonds. The highest BCUT2D eigenvalue weighted by molar-refractivity contribution is 5.82. The molecule has 0 N–H and O–H groups in total. The summed E-state index contributed by atoms with van der Waals surface area (Å²) < 4.78 is 10.4. The molecule has 1 aromatic rings. The maximum atomic E-state index is 12.7. The van der Waals surface area contributed by atoms with E-state index in [-0.39, 0.29) is 35.5 Å². The molecule has 1 aliphatic rings. The van der Waals surface area contributed by atoms with Crippen molar-refractivity contribution in [3.8, 4) is 5.75 Å². The van der Waals surface area contributed by atoms with E-state index in [0.29, 0.717) is 32.4 Å². The van der Waals surface area contributed by atoms with Gasteiger partial charge in [-0.3, -0.25) is 9.59 Å². The summed E-state index contributed by atoms with van der Waals surface area (Å²) in [6.07, 6.45) is 3.86. The molecule has 1 fully saturated rings. The zero-order valence-electron chi connectivity index (χ0n) is 18.7. The van der Waals surface area contributed by atoms with Crippen LogP contribution >= 0.6 is 0 Å². The fourth-order valence-electron chi connectivity index (χ4n) is 4.23. The van der Waals surface area contributed by atoms with E-state index >= 15 is 0 Å². The Balaban J connectivity index is 1.96. The van der Waals surface area contributed by atoms with Gasteiger partial charge in [-0.05, 0) is 70.1 Å². The van der Waals surface area contributed by atoms with Crippen LogP contribution in [0.25, 0.3) is 0 Å². The number of hydrogen-bond donors (Lipinski definition) is 0. The van der Waals surface area contributed by atoms with E-state index < -0.39 is 0 Å². The van der Waals surface area contributed by atoms with Crippen LogP contribution in [0.1, 0.15) is 70.8 Å². The van der Waals surface area contributed by atoms with Crippen molar-refractivity contribution in [2.24, 2.45) is 5.92 Å². The lowest BCUT2D eigenvalue weighted by Gasteiger charge is -2.23. The number of hydrogen-bond acceptors (Lipinski definition) is 5. The van der Waals surface area contributed by atoms with E-state index in [2.05, 4.69) is 6.92 Å². The lowest BCUT2D eigenvalue weighted by Crippen LogP contribution is -2.33. The van der Waals surface area contributed by atoms with Crippen molar-refractivity contribution < 1.29 is 23.9 Å². The van der Waals surface area contributed by atoms with Crippen LogP contribution in [0, 0.1) is 5.92 Å². The number of amides is 1. The summed E-state index contributed by atoms with van der Waals surface area (Å²) >= 11 is 0. The average Bonchev–Trinajstić information content (AvgIpc) is 2.99. The number of carbonyl (C=O) groups excluding carboxylic acids is 3. The molecule has 166 valence electrons. The fourth-order valence-corrected chi connectivity index (χ4v) is 4.23. The highest BCUT2D eigenvalue weighted by Crippen LogP contribution is 2.31. The smallest absolute Gasteiger partial charge is 0.306 e. The van der Waals surface area contributed by atoms with Gasteiger partial charge >= 0.3 is 5.97 Å². The van der Waals surface area contributed by atoms with Crippen LogP contribution in [0.3, 0.4) is 0 Å². The Morgan fingerprint density at radius 3 is 2.53 bits per heavy atom. The SMILES string of the molecule is CCOC(=O)CC(CCCN1C(=O)[C@@H](CCC(C)=O)CC1C)c1ccc(OC)cc1. The monoisotopic (exact) mass is 417 g/mol. The molecule has 0 saturated carbocycles. The van der Waals surface area contributed by atoms with Gasteiger partial charge in [0, 0.05) is 24.9 Å². The molecule has 6 heteroatoms. The first kappa shape index (κ1) is 23.9. The lowest BCUT2D eigenvalue weighted by atomic mass is 9.91. The van der Waals surface area contributed by atoms with Crippen LogP contribution in [0.5, 0.6) is 5.75 Å². The normalized spacial score (nSPS) is 19.6. The summed E-state index contributed by atoms with van der Waals surface area (Å²) in [4.78, 5) is 38.0. The van der Waals surface area contributed by atoms with Crippen molar-refractivity contribution in [1.29, 1.82) is 0 Å². The third-order valence-electron chi connectivity index (χ3n) is 5.89. The van der Waals surface area contributed by atoms with Gasteiger partial charge in [-0.15, -0.1) is 0 Å². The number of benzene rings is 1. The van der Waals surface area contributed by atoms with Gasteiger partial charge in [0.15, 0.2) is 0 Å². The van der Waals surface area contributed by atoms with Gasteiger partial charge in [-0.1, -0.05) is 12.1 Å². The molecule has 0 spiro atoms. The molecule has 30 heavy (non-hydrogen) atoms. The minimum absolute atomic E-state index is 0.0384. The Morgan fingerprint density at radius 1 is 1.23 bits per heavy atom. The number of ether oxygens (including phenoxy) is 2. The summed E-state index contributed by atoms with van der Waals surface area (Å²) in [7, 11) is 1.63. The molecule has 2 rings (SSSR count). The molecule has 0 aromatic heterocycles. The summed E-state index contributed by atoms with van der Waals surface area (Å²) in [5, 5.41) is 0. The number of Topliss-reactive ketones (excluding diaryl/α,β-unsaturated/α-hetero) is 1. The van der Waals surface area contributed by atoms with Crippen molar-refractivity contribution in [3.05, 3.63) is 29.8 Å². The van der Waals surface area contributed by atoms with Gasteiger partial charge < -0.3 is 19.2 Å². The molecule has 1 heterocycles. The Hall–Kier alpha value is -2.37. The topological polar surface area (TPSA) is 72.9 Å². The first-order valence-corrected chi connectivity index (χ1v) is 10.9. The standard InChI is InChI=1S/C24H35NO5/c1-5-30-23(27)16-20(19-10-12-22(29-4)13-11-19)7-6-14-25-17(2)15-21(24(25)28)9-8-18(3)26/h10-13,17,20-21H,5-9,14-16H2,1-4H3/t17?,20?,21-/m0/s1. The molecule has 3 atom stereocenters. The van der Waals surface area contributed by atoms with Crippen molar-refractivity contribution in [1.82, 2.24) is 4.90 Å². The zero-order valence-corrected chi connectivity index (χ0v) is 18.7. The second-order valence-corrected chi connectivity index (χ2v) is 8.18. The second kappa shape index (κ2) is 11.7. The summed E-state index contributed by atoms with van der Waals surface area (Å²) in [5.74, 6) is 0.873. The van der Waals surface area contributed by atoms with Crippen LogP contribution in [0.15, 0.2) is 24.3 Å². The van der Waals surface area contributed by atoms with Crippen LogP contribution in [-0.2, 0) is 19.1 Å². The van der Waals surface area contributed by atoms with E-state index in [1.807, 2.05) is 36.1 Å². The molecule has 1 aliphatic heterocycles. The molecule has 1 saturated heterocycles. The van der Waals surface area contributed by atoms with Crippen molar-refractivity contribution >= 4 is 17.7 Å². The fraction of sp³-hybridized carbons (Fsp3) is 0.625. The molecule has 2 unspecified atom stereocenters. The number of rotatable bonds is 12. The zero-order chi connectivity index (χ0) is 22.1. The molecular formula is C24H35NO5. The second-order valence-electron chi connectivity index (χ2n) is 8.18. The first-order valence-electron chi connectivity index (χ1n) is 10.9. The van der Waals surface area contributed by atoms with E-state index in [1.165, 1.54) is 0 Å². The van der Waals surface area contributed by atoms with Crippen LogP contribution in [0.4, 0.5) is 0 Å². The molecule has 0 aliphatic carbocycles. The van der Waals surface area contributed by atoms with E-state index in [9.17, 15) is 14.4 Å². The molecule has 0 bridgehead atoms. The van der Waals surface area contributed by atoms with Crippen molar-refractivity contribution in [3.63, 3.8) is 0 Å². The largest absolute Gasteiger partial charge is 0.497 e. The number of esters is 1. The highest BCUT2D eigenvalue weighted by atomic mass is 16.5. The minimum Gasteiger partial charge on any atom is -0.497 e. The maximum absolute atomic E-state index is 12.7. The van der Waals surface area contributed by atoms with Gasteiger partial charge in [0.1, 0.15) is 11.5 Å². The first-order chi connectivity index (χ1) is 14.3. The number of nitrogens with zero attached hydrogens (tertiary/aromatic N) is 1. The van der Waals surface area contributed by atoms with Crippen LogP contribution in [0.2, 0.25) is 0 Å². The minimum atomic E-state index is -0.201. The highest BCUT2D eigenvalue weighted by Gasteiger charge is 2.36. The third kappa shape index (κ3) is 6.85. The summed E-state index contributed by atoms with van der Waals surface area (Å²) in [5.41, 5.74) is 1.07. The molecule has 6 nitrogen and oxygen atoms in total. The van der Waals surface area contributed by atoms with Crippen LogP contribution in [-0.4, -0.2) is 48.9 Å². The van der Waals surface area contributed by atoms with Gasteiger partial charge in [-0.25, -0.2) is 0 Å². The predicted molar refractivity (Wildman–Crippen MR) is 115 cm³/mol. The Bertz CT molecular complexity index is 715. The number of methoxy groups -OCH3 is 1. The van der Waals surface area contributed by atoms with E-state index in [0.717, 1.165) is 30.6 Å². The van der Waals surface area contributed by atoms with E-state index in [4.69, 9.17) is 9.47 Å². The van der Waals surface area contributed by atoms with Crippen molar-refractivity contribution in [2.45, 2.75) is 71.3 Å². The van der Waals surface area contributed by atoms with Gasteiger partial charge in [0.2, 0.25) is 5.91 Å². The lowest BCUT2D eigenvalue weighted by molar-refractivity contribution is -0.143. The maximum Gasteiger partial charge on any atom is 0.306 e. The summed E-state index contributed by atoms with van der Waals surface area (Å²) in [6, 6.07) is 7.98. The Labute approximate surface area is 179 Å². The predicted octanol–water partition coefficient (Wildman–Crippen LogP) is 4.12. The Kier molecular flexibility index (Phi) is 9.34. The Morgan fingerprint density at radius 2 is 1.93 bits per heavy atom. The number of likely N-dealkylation sites (tertiary alicyclic amines) is 1.